The zero-order valence-corrected chi connectivity index (χ0v) is 17.2. The fraction of sp³-hybridized carbons (Fsp3) is 0.286. The number of rotatable bonds is 7. The van der Waals surface area contributed by atoms with E-state index in [1.807, 2.05) is 63.2 Å². The van der Waals surface area contributed by atoms with Crippen molar-refractivity contribution < 1.29 is 14.3 Å². The third-order valence-electron chi connectivity index (χ3n) is 4.27. The number of benzene rings is 2. The van der Waals surface area contributed by atoms with Gasteiger partial charge >= 0.3 is 0 Å². The van der Waals surface area contributed by atoms with Crippen molar-refractivity contribution in [3.8, 4) is 22.1 Å². The number of aryl methyl sites for hydroxylation is 2. The molecule has 0 fully saturated rings. The normalized spacial score (nSPS) is 11.7. The molecule has 1 N–H and O–H groups in total. The van der Waals surface area contributed by atoms with Crippen LogP contribution in [-0.4, -0.2) is 29.3 Å². The highest BCUT2D eigenvalue weighted by atomic mass is 32.1. The van der Waals surface area contributed by atoms with Crippen molar-refractivity contribution in [1.82, 2.24) is 10.2 Å². The Morgan fingerprint density at radius 1 is 1.14 bits per heavy atom. The highest BCUT2D eigenvalue weighted by Gasteiger charge is 2.21. The van der Waals surface area contributed by atoms with Crippen LogP contribution in [0.15, 0.2) is 42.5 Å². The predicted octanol–water partition coefficient (Wildman–Crippen LogP) is 4.63. The van der Waals surface area contributed by atoms with E-state index in [9.17, 15) is 4.79 Å². The Morgan fingerprint density at radius 3 is 2.57 bits per heavy atom. The van der Waals surface area contributed by atoms with E-state index < -0.39 is 6.10 Å². The Balaban J connectivity index is 1.69. The molecular weight excluding hydrogens is 374 g/mol. The lowest BCUT2D eigenvalue weighted by molar-refractivity contribution is -0.122. The SMILES string of the molecule is CC[C@@H](Oc1cc(C)ccc1C)C(=O)Nc1nnc(-c2ccc(OC)cc2)s1. The van der Waals surface area contributed by atoms with E-state index in [1.54, 1.807) is 7.11 Å². The van der Waals surface area contributed by atoms with E-state index in [-0.39, 0.29) is 5.91 Å². The number of nitrogens with one attached hydrogen (secondary N) is 1. The summed E-state index contributed by atoms with van der Waals surface area (Å²) in [5, 5.41) is 12.2. The third kappa shape index (κ3) is 4.67. The molecule has 0 spiro atoms. The van der Waals surface area contributed by atoms with Crippen LogP contribution in [0.3, 0.4) is 0 Å². The fourth-order valence-corrected chi connectivity index (χ4v) is 3.37. The van der Waals surface area contributed by atoms with Gasteiger partial charge in [0, 0.05) is 5.56 Å². The second-order valence-electron chi connectivity index (χ2n) is 6.41. The molecule has 6 nitrogen and oxygen atoms in total. The van der Waals surface area contributed by atoms with Crippen LogP contribution < -0.4 is 14.8 Å². The highest BCUT2D eigenvalue weighted by molar-refractivity contribution is 7.18. The summed E-state index contributed by atoms with van der Waals surface area (Å²) in [5.74, 6) is 1.26. The van der Waals surface area contributed by atoms with E-state index in [1.165, 1.54) is 11.3 Å². The van der Waals surface area contributed by atoms with Gasteiger partial charge in [-0.25, -0.2) is 0 Å². The molecule has 0 saturated carbocycles. The van der Waals surface area contributed by atoms with Crippen LogP contribution in [-0.2, 0) is 4.79 Å². The van der Waals surface area contributed by atoms with Gasteiger partial charge in [0.25, 0.3) is 5.91 Å². The van der Waals surface area contributed by atoms with E-state index in [2.05, 4.69) is 15.5 Å². The van der Waals surface area contributed by atoms with Crippen LogP contribution in [0.5, 0.6) is 11.5 Å². The van der Waals surface area contributed by atoms with Crippen LogP contribution >= 0.6 is 11.3 Å². The van der Waals surface area contributed by atoms with Crippen molar-refractivity contribution >= 4 is 22.4 Å². The Hall–Kier alpha value is -2.93. The Labute approximate surface area is 168 Å². The smallest absolute Gasteiger partial charge is 0.267 e. The molecule has 28 heavy (non-hydrogen) atoms. The number of amides is 1. The maximum Gasteiger partial charge on any atom is 0.267 e. The van der Waals surface area contributed by atoms with Gasteiger partial charge in [-0.05, 0) is 61.7 Å². The number of nitrogens with zero attached hydrogens (tertiary/aromatic N) is 2. The number of methoxy groups -OCH3 is 1. The molecule has 1 heterocycles. The molecular formula is C21H23N3O3S. The second-order valence-corrected chi connectivity index (χ2v) is 7.39. The first-order chi connectivity index (χ1) is 13.5. The van der Waals surface area contributed by atoms with Crippen molar-refractivity contribution in [2.45, 2.75) is 33.3 Å². The molecule has 146 valence electrons. The molecule has 1 aromatic heterocycles. The van der Waals surface area contributed by atoms with Gasteiger partial charge in [-0.3, -0.25) is 10.1 Å². The maximum absolute atomic E-state index is 12.7. The lowest BCUT2D eigenvalue weighted by Crippen LogP contribution is -2.32. The molecule has 0 saturated heterocycles. The second kappa shape index (κ2) is 8.84. The minimum absolute atomic E-state index is 0.235. The van der Waals surface area contributed by atoms with Crippen molar-refractivity contribution in [3.05, 3.63) is 53.6 Å². The van der Waals surface area contributed by atoms with Crippen LogP contribution in [0.4, 0.5) is 5.13 Å². The molecule has 0 aliphatic carbocycles. The van der Waals surface area contributed by atoms with Gasteiger partial charge < -0.3 is 9.47 Å². The average Bonchev–Trinajstić information content (AvgIpc) is 3.17. The van der Waals surface area contributed by atoms with Crippen LogP contribution in [0.25, 0.3) is 10.6 Å². The van der Waals surface area contributed by atoms with Gasteiger partial charge in [-0.1, -0.05) is 30.4 Å². The first-order valence-electron chi connectivity index (χ1n) is 9.03. The molecule has 1 amide bonds. The summed E-state index contributed by atoms with van der Waals surface area (Å²) in [6.07, 6.45) is -0.0579. The van der Waals surface area contributed by atoms with Crippen molar-refractivity contribution in [3.63, 3.8) is 0 Å². The van der Waals surface area contributed by atoms with E-state index in [4.69, 9.17) is 9.47 Å². The Morgan fingerprint density at radius 2 is 1.89 bits per heavy atom. The largest absolute Gasteiger partial charge is 0.497 e. The lowest BCUT2D eigenvalue weighted by Gasteiger charge is -2.18. The number of hydrogen-bond donors (Lipinski definition) is 1. The average molecular weight is 398 g/mol. The summed E-state index contributed by atoms with van der Waals surface area (Å²) in [6.45, 7) is 5.87. The number of anilines is 1. The van der Waals surface area contributed by atoms with Crippen molar-refractivity contribution in [1.29, 1.82) is 0 Å². The number of carbonyl (C=O) groups excluding carboxylic acids is 1. The van der Waals surface area contributed by atoms with Crippen LogP contribution in [0, 0.1) is 13.8 Å². The molecule has 0 radical (unpaired) electrons. The van der Waals surface area contributed by atoms with Crippen LogP contribution in [0.1, 0.15) is 24.5 Å². The monoisotopic (exact) mass is 397 g/mol. The van der Waals surface area contributed by atoms with Crippen molar-refractivity contribution in [2.75, 3.05) is 12.4 Å². The predicted molar refractivity (Wildman–Crippen MR) is 111 cm³/mol. The number of carbonyl (C=O) groups is 1. The molecule has 3 aromatic rings. The minimum Gasteiger partial charge on any atom is -0.497 e. The van der Waals surface area contributed by atoms with E-state index in [0.29, 0.717) is 11.6 Å². The first-order valence-corrected chi connectivity index (χ1v) is 9.84. The standard InChI is InChI=1S/C21H23N3O3S/c1-5-17(27-18-12-13(2)6-7-14(18)3)19(25)22-21-24-23-20(28-21)15-8-10-16(26-4)11-9-15/h6-12,17H,5H2,1-4H3,(H,22,24,25)/t17-/m1/s1. The van der Waals surface area contributed by atoms with Crippen molar-refractivity contribution in [2.24, 2.45) is 0 Å². The number of ether oxygens (including phenoxy) is 2. The Bertz CT molecular complexity index is 954. The summed E-state index contributed by atoms with van der Waals surface area (Å²) in [4.78, 5) is 12.7. The van der Waals surface area contributed by atoms with E-state index in [0.717, 1.165) is 33.2 Å². The summed E-state index contributed by atoms with van der Waals surface area (Å²) in [6, 6.07) is 13.5. The topological polar surface area (TPSA) is 73.3 Å². The molecule has 7 heteroatoms. The number of hydrogen-bond acceptors (Lipinski definition) is 6. The zero-order chi connectivity index (χ0) is 20.1. The minimum atomic E-state index is -0.603. The maximum atomic E-state index is 12.7. The zero-order valence-electron chi connectivity index (χ0n) is 16.4. The van der Waals surface area contributed by atoms with Crippen LogP contribution in [0.2, 0.25) is 0 Å². The summed E-state index contributed by atoms with van der Waals surface area (Å²) < 4.78 is 11.1. The molecule has 0 aliphatic heterocycles. The van der Waals surface area contributed by atoms with Gasteiger partial charge in [0.15, 0.2) is 6.10 Å². The summed E-state index contributed by atoms with van der Waals surface area (Å²) >= 11 is 1.32. The Kier molecular flexibility index (Phi) is 6.26. The molecule has 0 bridgehead atoms. The lowest BCUT2D eigenvalue weighted by atomic mass is 10.1. The summed E-state index contributed by atoms with van der Waals surface area (Å²) in [5.41, 5.74) is 3.00. The molecule has 0 unspecified atom stereocenters. The van der Waals surface area contributed by atoms with E-state index >= 15 is 0 Å². The molecule has 1 atom stereocenters. The van der Waals surface area contributed by atoms with Gasteiger partial charge in [0.05, 0.1) is 7.11 Å². The molecule has 2 aromatic carbocycles. The molecule has 3 rings (SSSR count). The molecule has 0 aliphatic rings. The summed E-state index contributed by atoms with van der Waals surface area (Å²) in [7, 11) is 1.62. The quantitative estimate of drug-likeness (QED) is 0.629. The number of aromatic nitrogens is 2. The third-order valence-corrected chi connectivity index (χ3v) is 5.16. The van der Waals surface area contributed by atoms with Gasteiger partial charge in [0.1, 0.15) is 16.5 Å². The van der Waals surface area contributed by atoms with Gasteiger partial charge in [0.2, 0.25) is 5.13 Å². The highest BCUT2D eigenvalue weighted by Crippen LogP contribution is 2.28. The van der Waals surface area contributed by atoms with Gasteiger partial charge in [-0.15, -0.1) is 10.2 Å². The first kappa shape index (κ1) is 19.8. The fourth-order valence-electron chi connectivity index (χ4n) is 2.62. The van der Waals surface area contributed by atoms with Gasteiger partial charge in [-0.2, -0.15) is 0 Å².